The van der Waals surface area contributed by atoms with Gasteiger partial charge in [-0.05, 0) is 43.3 Å². The molecule has 0 saturated heterocycles. The molecule has 8 nitrogen and oxygen atoms in total. The molecule has 2 heterocycles. The highest BCUT2D eigenvalue weighted by molar-refractivity contribution is 6.03. The minimum atomic E-state index is -0.360. The van der Waals surface area contributed by atoms with Crippen molar-refractivity contribution in [2.45, 2.75) is 20.3 Å². The first-order valence-electron chi connectivity index (χ1n) is 8.40. The fraction of sp³-hybridized carbons (Fsp3) is 0.158. The molecule has 0 aliphatic rings. The van der Waals surface area contributed by atoms with E-state index in [-0.39, 0.29) is 17.8 Å². The highest BCUT2D eigenvalue weighted by Gasteiger charge is 2.12. The van der Waals surface area contributed by atoms with Crippen molar-refractivity contribution < 1.29 is 9.59 Å². The minimum Gasteiger partial charge on any atom is -0.326 e. The van der Waals surface area contributed by atoms with E-state index in [4.69, 9.17) is 0 Å². The van der Waals surface area contributed by atoms with Gasteiger partial charge in [0.15, 0.2) is 5.82 Å². The third kappa shape index (κ3) is 4.69. The van der Waals surface area contributed by atoms with Crippen molar-refractivity contribution in [3.8, 4) is 11.5 Å². The van der Waals surface area contributed by atoms with Crippen LogP contribution in [-0.4, -0.2) is 31.8 Å². The average Bonchev–Trinajstić information content (AvgIpc) is 2.68. The lowest BCUT2D eigenvalue weighted by Gasteiger charge is -2.08. The van der Waals surface area contributed by atoms with Crippen molar-refractivity contribution in [2.24, 2.45) is 0 Å². The van der Waals surface area contributed by atoms with Crippen LogP contribution in [-0.2, 0) is 4.79 Å². The zero-order valence-corrected chi connectivity index (χ0v) is 14.9. The van der Waals surface area contributed by atoms with Crippen molar-refractivity contribution in [3.05, 3.63) is 60.0 Å². The molecule has 2 amide bonds. The number of aryl methyl sites for hydroxylation is 1. The lowest BCUT2D eigenvalue weighted by atomic mass is 10.2. The Balaban J connectivity index is 1.76. The molecule has 2 aromatic heterocycles. The number of rotatable bonds is 5. The zero-order valence-electron chi connectivity index (χ0n) is 14.9. The number of pyridine rings is 1. The summed E-state index contributed by atoms with van der Waals surface area (Å²) in [5.74, 6) is 0.557. The number of anilines is 2. The Morgan fingerprint density at radius 1 is 0.963 bits per heavy atom. The minimum absolute atomic E-state index is 0.0880. The Morgan fingerprint density at radius 2 is 1.74 bits per heavy atom. The fourth-order valence-electron chi connectivity index (χ4n) is 2.28. The van der Waals surface area contributed by atoms with E-state index in [1.807, 2.05) is 6.07 Å². The first-order chi connectivity index (χ1) is 13.0. The number of carbonyl (C=O) groups excluding carboxylic acids is 2. The van der Waals surface area contributed by atoms with Crippen molar-refractivity contribution >= 4 is 23.5 Å². The normalized spacial score (nSPS) is 10.3. The molecule has 3 aromatic rings. The van der Waals surface area contributed by atoms with Gasteiger partial charge in [-0.25, -0.2) is 4.98 Å². The second-order valence-corrected chi connectivity index (χ2v) is 5.68. The standard InChI is InChI=1S/C19H18N6O2/c1-3-16(26)23-14-9-7-13(8-10-14)18(27)25-19-22-12(2)21-17(24-19)15-6-4-5-11-20-15/h4-11H,3H2,1-2H3,(H,23,26)(H,21,22,24,25,27). The highest BCUT2D eigenvalue weighted by Crippen LogP contribution is 2.15. The predicted molar refractivity (Wildman–Crippen MR) is 101 cm³/mol. The first-order valence-corrected chi connectivity index (χ1v) is 8.40. The molecule has 136 valence electrons. The molecule has 0 fully saturated rings. The maximum Gasteiger partial charge on any atom is 0.258 e. The first kappa shape index (κ1) is 18.1. The maximum absolute atomic E-state index is 12.4. The number of nitrogens with one attached hydrogen (secondary N) is 2. The van der Waals surface area contributed by atoms with Gasteiger partial charge >= 0.3 is 0 Å². The molecule has 27 heavy (non-hydrogen) atoms. The third-order valence-electron chi connectivity index (χ3n) is 3.62. The number of hydrogen-bond donors (Lipinski definition) is 2. The zero-order chi connectivity index (χ0) is 19.2. The smallest absolute Gasteiger partial charge is 0.258 e. The fourth-order valence-corrected chi connectivity index (χ4v) is 2.28. The van der Waals surface area contributed by atoms with E-state index in [1.54, 1.807) is 56.4 Å². The summed E-state index contributed by atoms with van der Waals surface area (Å²) >= 11 is 0. The van der Waals surface area contributed by atoms with Crippen LogP contribution in [0.2, 0.25) is 0 Å². The Morgan fingerprint density at radius 3 is 2.41 bits per heavy atom. The Kier molecular flexibility index (Phi) is 5.46. The number of hydrogen-bond acceptors (Lipinski definition) is 6. The van der Waals surface area contributed by atoms with Crippen LogP contribution in [0.3, 0.4) is 0 Å². The largest absolute Gasteiger partial charge is 0.326 e. The molecule has 0 radical (unpaired) electrons. The van der Waals surface area contributed by atoms with Crippen molar-refractivity contribution in [1.29, 1.82) is 0 Å². The van der Waals surface area contributed by atoms with Crippen LogP contribution in [0.4, 0.5) is 11.6 Å². The third-order valence-corrected chi connectivity index (χ3v) is 3.62. The van der Waals surface area contributed by atoms with Gasteiger partial charge in [0.05, 0.1) is 0 Å². The Labute approximate surface area is 156 Å². The van der Waals surface area contributed by atoms with Crippen LogP contribution in [0.25, 0.3) is 11.5 Å². The molecule has 2 N–H and O–H groups in total. The number of aromatic nitrogens is 4. The van der Waals surface area contributed by atoms with E-state index in [1.165, 1.54) is 0 Å². The molecule has 0 aliphatic heterocycles. The second-order valence-electron chi connectivity index (χ2n) is 5.68. The van der Waals surface area contributed by atoms with Crippen molar-refractivity contribution in [1.82, 2.24) is 19.9 Å². The molecule has 8 heteroatoms. The summed E-state index contributed by atoms with van der Waals surface area (Å²) in [5, 5.41) is 5.39. The molecular weight excluding hydrogens is 344 g/mol. The molecule has 0 bridgehead atoms. The van der Waals surface area contributed by atoms with Crippen LogP contribution in [0.5, 0.6) is 0 Å². The summed E-state index contributed by atoms with van der Waals surface area (Å²) in [7, 11) is 0. The monoisotopic (exact) mass is 362 g/mol. The van der Waals surface area contributed by atoms with Crippen molar-refractivity contribution in [2.75, 3.05) is 10.6 Å². The quantitative estimate of drug-likeness (QED) is 0.722. The number of carbonyl (C=O) groups is 2. The number of benzene rings is 1. The van der Waals surface area contributed by atoms with Crippen molar-refractivity contribution in [3.63, 3.8) is 0 Å². The highest BCUT2D eigenvalue weighted by atomic mass is 16.2. The van der Waals surface area contributed by atoms with Crippen LogP contribution >= 0.6 is 0 Å². The van der Waals surface area contributed by atoms with E-state index < -0.39 is 0 Å². The molecule has 3 rings (SSSR count). The van der Waals surface area contributed by atoms with E-state index >= 15 is 0 Å². The maximum atomic E-state index is 12.4. The van der Waals surface area contributed by atoms with Gasteiger partial charge < -0.3 is 5.32 Å². The van der Waals surface area contributed by atoms with Crippen LogP contribution in [0.15, 0.2) is 48.7 Å². The van der Waals surface area contributed by atoms with Gasteiger partial charge in [0.25, 0.3) is 5.91 Å². The topological polar surface area (TPSA) is 110 Å². The molecule has 0 atom stereocenters. The average molecular weight is 362 g/mol. The molecule has 0 aliphatic carbocycles. The van der Waals surface area contributed by atoms with E-state index in [2.05, 4.69) is 30.6 Å². The van der Waals surface area contributed by atoms with Gasteiger partial charge in [-0.2, -0.15) is 9.97 Å². The van der Waals surface area contributed by atoms with Crippen LogP contribution in [0, 0.1) is 6.92 Å². The van der Waals surface area contributed by atoms with Gasteiger partial charge in [0.2, 0.25) is 11.9 Å². The second kappa shape index (κ2) is 8.13. The summed E-state index contributed by atoms with van der Waals surface area (Å²) < 4.78 is 0. The van der Waals surface area contributed by atoms with E-state index in [0.717, 1.165) is 0 Å². The van der Waals surface area contributed by atoms with Gasteiger partial charge in [0.1, 0.15) is 11.5 Å². The Hall–Kier alpha value is -3.68. The summed E-state index contributed by atoms with van der Waals surface area (Å²) in [6.07, 6.45) is 2.03. The van der Waals surface area contributed by atoms with E-state index in [0.29, 0.717) is 35.0 Å². The van der Waals surface area contributed by atoms with Gasteiger partial charge in [0, 0.05) is 23.9 Å². The summed E-state index contributed by atoms with van der Waals surface area (Å²) in [4.78, 5) is 40.7. The predicted octanol–water partition coefficient (Wildman–Crippen LogP) is 2.84. The van der Waals surface area contributed by atoms with Gasteiger partial charge in [-0.1, -0.05) is 13.0 Å². The summed E-state index contributed by atoms with van der Waals surface area (Å²) in [5.41, 5.74) is 1.64. The molecule has 0 unspecified atom stereocenters. The lowest BCUT2D eigenvalue weighted by Crippen LogP contribution is -2.16. The number of nitrogens with zero attached hydrogens (tertiary/aromatic N) is 4. The summed E-state index contributed by atoms with van der Waals surface area (Å²) in [6.45, 7) is 3.49. The number of amides is 2. The van der Waals surface area contributed by atoms with E-state index in [9.17, 15) is 9.59 Å². The van der Waals surface area contributed by atoms with Crippen LogP contribution < -0.4 is 10.6 Å². The molecule has 1 aromatic carbocycles. The Bertz CT molecular complexity index is 958. The summed E-state index contributed by atoms with van der Waals surface area (Å²) in [6, 6.07) is 12.0. The lowest BCUT2D eigenvalue weighted by molar-refractivity contribution is -0.115. The molecular formula is C19H18N6O2. The SMILES string of the molecule is CCC(=O)Nc1ccc(C(=O)Nc2nc(C)nc(-c3ccccn3)n2)cc1. The molecule has 0 saturated carbocycles. The molecule has 0 spiro atoms. The van der Waals surface area contributed by atoms with Crippen LogP contribution in [0.1, 0.15) is 29.5 Å². The van der Waals surface area contributed by atoms with Gasteiger partial charge in [-0.3, -0.25) is 19.9 Å². The van der Waals surface area contributed by atoms with Gasteiger partial charge in [-0.15, -0.1) is 0 Å².